The zero-order valence-electron chi connectivity index (χ0n) is 8.86. The minimum absolute atomic E-state index is 0.396. The van der Waals surface area contributed by atoms with Gasteiger partial charge in [0.15, 0.2) is 5.58 Å². The van der Waals surface area contributed by atoms with Crippen molar-refractivity contribution in [2.24, 2.45) is 4.99 Å². The van der Waals surface area contributed by atoms with Crippen molar-refractivity contribution in [3.8, 4) is 0 Å². The van der Waals surface area contributed by atoms with Crippen molar-refractivity contribution in [3.05, 3.63) is 29.5 Å². The number of hydrogen-bond donors (Lipinski definition) is 0. The van der Waals surface area contributed by atoms with Crippen molar-refractivity contribution >= 4 is 17.0 Å². The van der Waals surface area contributed by atoms with Crippen LogP contribution in [-0.4, -0.2) is 11.2 Å². The van der Waals surface area contributed by atoms with Crippen LogP contribution in [0.25, 0.3) is 11.0 Å². The van der Waals surface area contributed by atoms with Crippen LogP contribution in [-0.2, 0) is 10.3 Å². The van der Waals surface area contributed by atoms with Crippen LogP contribution in [0, 0.1) is 6.92 Å². The lowest BCUT2D eigenvalue weighted by Gasteiger charge is -2.07. The molecule has 3 rings (SSSR count). The first kappa shape index (κ1) is 9.31. The summed E-state index contributed by atoms with van der Waals surface area (Å²) in [5.41, 5.74) is 2.17. The molecule has 0 aliphatic heterocycles. The molecule has 1 aliphatic rings. The highest BCUT2D eigenvalue weighted by atomic mass is 16.5. The van der Waals surface area contributed by atoms with Gasteiger partial charge in [0.05, 0.1) is 5.69 Å². The van der Waals surface area contributed by atoms with Gasteiger partial charge in [-0.1, -0.05) is 17.3 Å². The van der Waals surface area contributed by atoms with E-state index in [4.69, 9.17) is 4.52 Å². The lowest BCUT2D eigenvalue weighted by molar-refractivity contribution is 0.445. The zero-order chi connectivity index (χ0) is 11.2. The molecule has 4 heteroatoms. The number of carbonyl (C=O) groups excluding carboxylic acids is 1. The maximum absolute atomic E-state index is 10.4. The third-order valence-electron chi connectivity index (χ3n) is 3.16. The molecular formula is C12H10N2O2. The predicted molar refractivity (Wildman–Crippen MR) is 57.8 cm³/mol. The Kier molecular flexibility index (Phi) is 1.76. The Morgan fingerprint density at radius 1 is 1.50 bits per heavy atom. The minimum atomic E-state index is -0.396. The minimum Gasteiger partial charge on any atom is -0.356 e. The second-order valence-electron chi connectivity index (χ2n) is 4.18. The third-order valence-corrected chi connectivity index (χ3v) is 3.16. The molecule has 1 aromatic carbocycles. The molecule has 0 saturated heterocycles. The summed E-state index contributed by atoms with van der Waals surface area (Å²) in [5.74, 6) is 0. The molecule has 80 valence electrons. The van der Waals surface area contributed by atoms with E-state index in [1.807, 2.05) is 25.1 Å². The average molecular weight is 214 g/mol. The van der Waals surface area contributed by atoms with E-state index in [2.05, 4.69) is 10.1 Å². The summed E-state index contributed by atoms with van der Waals surface area (Å²) in [4.78, 5) is 14.3. The van der Waals surface area contributed by atoms with Gasteiger partial charge >= 0.3 is 0 Å². The molecule has 1 aromatic heterocycles. The van der Waals surface area contributed by atoms with Crippen molar-refractivity contribution < 1.29 is 9.32 Å². The molecule has 0 radical (unpaired) electrons. The van der Waals surface area contributed by atoms with E-state index in [1.54, 1.807) is 6.08 Å². The highest BCUT2D eigenvalue weighted by molar-refractivity contribution is 5.83. The van der Waals surface area contributed by atoms with Crippen molar-refractivity contribution in [1.29, 1.82) is 0 Å². The van der Waals surface area contributed by atoms with Gasteiger partial charge in [-0.15, -0.1) is 0 Å². The van der Waals surface area contributed by atoms with Crippen LogP contribution < -0.4 is 0 Å². The highest BCUT2D eigenvalue weighted by Gasteiger charge is 2.46. The third kappa shape index (κ3) is 1.14. The largest absolute Gasteiger partial charge is 0.356 e. The smallest absolute Gasteiger partial charge is 0.235 e. The lowest BCUT2D eigenvalue weighted by Crippen LogP contribution is -2.02. The maximum Gasteiger partial charge on any atom is 0.235 e. The second-order valence-corrected chi connectivity index (χ2v) is 4.18. The van der Waals surface area contributed by atoms with Gasteiger partial charge in [0.25, 0.3) is 0 Å². The van der Waals surface area contributed by atoms with Crippen LogP contribution in [0.15, 0.2) is 27.7 Å². The van der Waals surface area contributed by atoms with E-state index >= 15 is 0 Å². The first-order chi connectivity index (χ1) is 7.77. The standard InChI is InChI=1S/C12H10N2O2/c1-8-9-3-2-4-10(11(9)16-14-8)12(5-6-12)13-7-15/h2-4H,5-6H2,1H3. The molecule has 1 fully saturated rings. The summed E-state index contributed by atoms with van der Waals surface area (Å²) in [6, 6.07) is 5.86. The Hall–Kier alpha value is -1.93. The topological polar surface area (TPSA) is 55.5 Å². The van der Waals surface area contributed by atoms with Gasteiger partial charge in [0.1, 0.15) is 5.54 Å². The normalized spacial score (nSPS) is 17.1. The molecule has 0 unspecified atom stereocenters. The summed E-state index contributed by atoms with van der Waals surface area (Å²) in [7, 11) is 0. The number of aliphatic imine (C=N–C) groups is 1. The summed E-state index contributed by atoms with van der Waals surface area (Å²) >= 11 is 0. The Labute approximate surface area is 92.0 Å². The van der Waals surface area contributed by atoms with E-state index in [0.29, 0.717) is 0 Å². The van der Waals surface area contributed by atoms with Crippen molar-refractivity contribution in [3.63, 3.8) is 0 Å². The molecular weight excluding hydrogens is 204 g/mol. The van der Waals surface area contributed by atoms with Gasteiger partial charge in [-0.2, -0.15) is 4.99 Å². The predicted octanol–water partition coefficient (Wildman–Crippen LogP) is 2.46. The SMILES string of the molecule is Cc1noc2c(C3(N=C=O)CC3)cccc12. The number of nitrogens with zero attached hydrogens (tertiary/aromatic N) is 2. The first-order valence-corrected chi connectivity index (χ1v) is 5.21. The Morgan fingerprint density at radius 3 is 3.00 bits per heavy atom. The van der Waals surface area contributed by atoms with Gasteiger partial charge in [-0.3, -0.25) is 0 Å². The zero-order valence-corrected chi connectivity index (χ0v) is 8.86. The first-order valence-electron chi connectivity index (χ1n) is 5.21. The highest BCUT2D eigenvalue weighted by Crippen LogP contribution is 2.51. The van der Waals surface area contributed by atoms with Gasteiger partial charge in [0.2, 0.25) is 6.08 Å². The Balaban J connectivity index is 2.28. The molecule has 1 aliphatic carbocycles. The number of fused-ring (bicyclic) bond motifs is 1. The summed E-state index contributed by atoms with van der Waals surface area (Å²) in [6.07, 6.45) is 3.41. The van der Waals surface area contributed by atoms with Crippen LogP contribution in [0.3, 0.4) is 0 Å². The fourth-order valence-electron chi connectivity index (χ4n) is 2.10. The van der Waals surface area contributed by atoms with Gasteiger partial charge < -0.3 is 4.52 Å². The van der Waals surface area contributed by atoms with Crippen LogP contribution in [0.5, 0.6) is 0 Å². The molecule has 0 bridgehead atoms. The molecule has 16 heavy (non-hydrogen) atoms. The number of aromatic nitrogens is 1. The number of hydrogen-bond acceptors (Lipinski definition) is 4. The van der Waals surface area contributed by atoms with Crippen molar-refractivity contribution in [2.75, 3.05) is 0 Å². The van der Waals surface area contributed by atoms with E-state index in [9.17, 15) is 4.79 Å². The average Bonchev–Trinajstić information content (AvgIpc) is 2.98. The quantitative estimate of drug-likeness (QED) is 0.570. The molecule has 0 spiro atoms. The second kappa shape index (κ2) is 3.03. The number of aryl methyl sites for hydroxylation is 1. The fraction of sp³-hybridized carbons (Fsp3) is 0.333. The Morgan fingerprint density at radius 2 is 2.31 bits per heavy atom. The Bertz CT molecular complexity index is 605. The monoisotopic (exact) mass is 214 g/mol. The summed E-state index contributed by atoms with van der Waals surface area (Å²) in [6.45, 7) is 1.90. The van der Waals surface area contributed by atoms with Crippen molar-refractivity contribution in [2.45, 2.75) is 25.3 Å². The number of isocyanates is 1. The van der Waals surface area contributed by atoms with Crippen LogP contribution >= 0.6 is 0 Å². The van der Waals surface area contributed by atoms with Crippen LogP contribution in [0.4, 0.5) is 0 Å². The molecule has 0 atom stereocenters. The number of benzene rings is 1. The van der Waals surface area contributed by atoms with E-state index < -0.39 is 5.54 Å². The summed E-state index contributed by atoms with van der Waals surface area (Å²) in [5, 5.41) is 4.93. The van der Waals surface area contributed by atoms with Crippen molar-refractivity contribution in [1.82, 2.24) is 5.16 Å². The lowest BCUT2D eigenvalue weighted by atomic mass is 10.0. The maximum atomic E-state index is 10.4. The van der Waals surface area contributed by atoms with E-state index in [1.165, 1.54) is 0 Å². The van der Waals surface area contributed by atoms with Gasteiger partial charge in [-0.05, 0) is 25.8 Å². The molecule has 0 amide bonds. The van der Waals surface area contributed by atoms with Crippen LogP contribution in [0.2, 0.25) is 0 Å². The molecule has 0 N–H and O–H groups in total. The fourth-order valence-corrected chi connectivity index (χ4v) is 2.10. The van der Waals surface area contributed by atoms with E-state index in [0.717, 1.165) is 35.1 Å². The van der Waals surface area contributed by atoms with Gasteiger partial charge in [0, 0.05) is 10.9 Å². The number of rotatable bonds is 2. The molecule has 1 heterocycles. The summed E-state index contributed by atoms with van der Waals surface area (Å²) < 4.78 is 5.31. The van der Waals surface area contributed by atoms with Gasteiger partial charge in [-0.25, -0.2) is 4.79 Å². The molecule has 4 nitrogen and oxygen atoms in total. The molecule has 2 aromatic rings. The van der Waals surface area contributed by atoms with Crippen LogP contribution in [0.1, 0.15) is 24.1 Å². The molecule has 1 saturated carbocycles. The number of para-hydroxylation sites is 1. The van der Waals surface area contributed by atoms with E-state index in [-0.39, 0.29) is 0 Å².